The summed E-state index contributed by atoms with van der Waals surface area (Å²) in [6.07, 6.45) is 2.40. The highest BCUT2D eigenvalue weighted by Crippen LogP contribution is 2.29. The van der Waals surface area contributed by atoms with Gasteiger partial charge in [0.05, 0.1) is 0 Å². The molecule has 3 heteroatoms. The van der Waals surface area contributed by atoms with Gasteiger partial charge in [-0.3, -0.25) is 4.90 Å². The van der Waals surface area contributed by atoms with E-state index in [9.17, 15) is 0 Å². The topological polar surface area (TPSA) is 32.5 Å². The van der Waals surface area contributed by atoms with Crippen LogP contribution in [0.4, 0.5) is 0 Å². The highest BCUT2D eigenvalue weighted by atomic mass is 15.2. The monoisotopic (exact) mass is 199 g/mol. The van der Waals surface area contributed by atoms with Crippen molar-refractivity contribution in [2.24, 2.45) is 5.73 Å². The summed E-state index contributed by atoms with van der Waals surface area (Å²) >= 11 is 0. The Bertz CT molecular complexity index is 183. The van der Waals surface area contributed by atoms with Gasteiger partial charge in [-0.05, 0) is 47.0 Å². The van der Waals surface area contributed by atoms with Gasteiger partial charge in [-0.1, -0.05) is 6.92 Å². The van der Waals surface area contributed by atoms with Gasteiger partial charge in [0, 0.05) is 18.1 Å². The third-order valence-electron chi connectivity index (χ3n) is 4.02. The molecular weight excluding hydrogens is 174 g/mol. The summed E-state index contributed by atoms with van der Waals surface area (Å²) in [5.41, 5.74) is 6.21. The molecule has 2 N–H and O–H groups in total. The molecule has 0 aromatic rings. The Labute approximate surface area is 88.2 Å². The molecule has 3 nitrogen and oxygen atoms in total. The van der Waals surface area contributed by atoms with Gasteiger partial charge in [0.1, 0.15) is 0 Å². The molecule has 0 bridgehead atoms. The summed E-state index contributed by atoms with van der Waals surface area (Å²) in [5, 5.41) is 0. The molecule has 14 heavy (non-hydrogen) atoms. The lowest BCUT2D eigenvalue weighted by atomic mass is 9.82. The van der Waals surface area contributed by atoms with E-state index in [4.69, 9.17) is 5.73 Å². The van der Waals surface area contributed by atoms with Crippen molar-refractivity contribution in [3.63, 3.8) is 0 Å². The Morgan fingerprint density at radius 2 is 2.21 bits per heavy atom. The third-order valence-corrected chi connectivity index (χ3v) is 4.02. The van der Waals surface area contributed by atoms with Crippen molar-refractivity contribution >= 4 is 0 Å². The van der Waals surface area contributed by atoms with Crippen LogP contribution in [-0.2, 0) is 0 Å². The molecular formula is C11H25N3. The van der Waals surface area contributed by atoms with Crippen LogP contribution in [0.15, 0.2) is 0 Å². The van der Waals surface area contributed by atoms with E-state index in [0.29, 0.717) is 6.04 Å². The van der Waals surface area contributed by atoms with E-state index in [1.165, 1.54) is 19.4 Å². The molecule has 0 saturated carbocycles. The number of hydrogen-bond donors (Lipinski definition) is 1. The summed E-state index contributed by atoms with van der Waals surface area (Å²) < 4.78 is 0. The van der Waals surface area contributed by atoms with Crippen molar-refractivity contribution in [1.29, 1.82) is 0 Å². The zero-order chi connectivity index (χ0) is 10.8. The Kier molecular flexibility index (Phi) is 3.93. The molecule has 0 spiro atoms. The predicted molar refractivity (Wildman–Crippen MR) is 61.4 cm³/mol. The molecule has 1 heterocycles. The van der Waals surface area contributed by atoms with Crippen molar-refractivity contribution in [1.82, 2.24) is 9.80 Å². The van der Waals surface area contributed by atoms with Crippen LogP contribution < -0.4 is 5.73 Å². The number of likely N-dealkylation sites (tertiary alicyclic amines) is 1. The maximum Gasteiger partial charge on any atom is 0.0355 e. The average molecular weight is 199 g/mol. The molecule has 0 aromatic heterocycles. The molecule has 1 rings (SSSR count). The first-order chi connectivity index (χ1) is 6.55. The average Bonchev–Trinajstić information content (AvgIpc) is 2.21. The van der Waals surface area contributed by atoms with Crippen molar-refractivity contribution in [3.8, 4) is 0 Å². The van der Waals surface area contributed by atoms with Gasteiger partial charge < -0.3 is 10.6 Å². The smallest absolute Gasteiger partial charge is 0.0355 e. The van der Waals surface area contributed by atoms with Crippen LogP contribution in [0.25, 0.3) is 0 Å². The third kappa shape index (κ3) is 2.10. The van der Waals surface area contributed by atoms with Gasteiger partial charge in [-0.15, -0.1) is 0 Å². The Balaban J connectivity index is 2.71. The highest BCUT2D eigenvalue weighted by Gasteiger charge is 2.38. The van der Waals surface area contributed by atoms with Gasteiger partial charge in [-0.2, -0.15) is 0 Å². The lowest BCUT2D eigenvalue weighted by molar-refractivity contribution is 0.0301. The van der Waals surface area contributed by atoms with Crippen LogP contribution in [0, 0.1) is 0 Å². The van der Waals surface area contributed by atoms with Crippen molar-refractivity contribution < 1.29 is 0 Å². The van der Waals surface area contributed by atoms with Crippen molar-refractivity contribution in [2.75, 3.05) is 33.7 Å². The quantitative estimate of drug-likeness (QED) is 0.728. The summed E-state index contributed by atoms with van der Waals surface area (Å²) in [5.74, 6) is 0. The van der Waals surface area contributed by atoms with Gasteiger partial charge in [0.15, 0.2) is 0 Å². The van der Waals surface area contributed by atoms with E-state index in [2.05, 4.69) is 37.7 Å². The lowest BCUT2D eigenvalue weighted by Gasteiger charge is -2.48. The van der Waals surface area contributed by atoms with E-state index in [-0.39, 0.29) is 5.54 Å². The van der Waals surface area contributed by atoms with Crippen LogP contribution in [0.5, 0.6) is 0 Å². The fourth-order valence-corrected chi connectivity index (χ4v) is 2.44. The molecule has 0 radical (unpaired) electrons. The summed E-state index contributed by atoms with van der Waals surface area (Å²) in [4.78, 5) is 4.86. The minimum absolute atomic E-state index is 0.251. The van der Waals surface area contributed by atoms with Crippen molar-refractivity contribution in [3.05, 3.63) is 0 Å². The second-order valence-corrected chi connectivity index (χ2v) is 4.73. The maximum atomic E-state index is 5.96. The lowest BCUT2D eigenvalue weighted by Crippen LogP contribution is -2.59. The second-order valence-electron chi connectivity index (χ2n) is 4.73. The van der Waals surface area contributed by atoms with Crippen LogP contribution in [0.2, 0.25) is 0 Å². The van der Waals surface area contributed by atoms with E-state index in [1.807, 2.05) is 0 Å². The van der Waals surface area contributed by atoms with Gasteiger partial charge in [0.2, 0.25) is 0 Å². The normalized spacial score (nSPS) is 35.1. The number of nitrogens with zero attached hydrogens (tertiary/aromatic N) is 2. The molecule has 1 saturated heterocycles. The minimum atomic E-state index is 0.251. The Morgan fingerprint density at radius 3 is 2.64 bits per heavy atom. The zero-order valence-corrected chi connectivity index (χ0v) is 10.1. The Hall–Kier alpha value is -0.120. The van der Waals surface area contributed by atoms with Gasteiger partial charge in [-0.25, -0.2) is 0 Å². The molecule has 1 fully saturated rings. The van der Waals surface area contributed by atoms with E-state index in [1.54, 1.807) is 0 Å². The molecule has 2 atom stereocenters. The first kappa shape index (κ1) is 12.0. The van der Waals surface area contributed by atoms with Crippen LogP contribution in [-0.4, -0.2) is 55.1 Å². The largest absolute Gasteiger partial charge is 0.329 e. The molecule has 2 unspecified atom stereocenters. The van der Waals surface area contributed by atoms with Gasteiger partial charge in [0.25, 0.3) is 0 Å². The molecule has 84 valence electrons. The fourth-order valence-electron chi connectivity index (χ4n) is 2.44. The number of likely N-dealkylation sites (N-methyl/N-ethyl adjacent to an activating group) is 1. The van der Waals surface area contributed by atoms with Crippen LogP contribution in [0.3, 0.4) is 0 Å². The molecule has 1 aliphatic heterocycles. The maximum absolute atomic E-state index is 5.96. The number of piperidine rings is 1. The molecule has 0 aliphatic carbocycles. The van der Waals surface area contributed by atoms with Crippen LogP contribution in [0.1, 0.15) is 26.7 Å². The van der Waals surface area contributed by atoms with Crippen molar-refractivity contribution in [2.45, 2.75) is 38.3 Å². The first-order valence-corrected chi connectivity index (χ1v) is 5.67. The first-order valence-electron chi connectivity index (χ1n) is 5.67. The molecule has 0 amide bonds. The van der Waals surface area contributed by atoms with Gasteiger partial charge >= 0.3 is 0 Å². The number of rotatable bonds is 3. The van der Waals surface area contributed by atoms with Crippen LogP contribution >= 0.6 is 0 Å². The van der Waals surface area contributed by atoms with E-state index in [0.717, 1.165) is 13.1 Å². The highest BCUT2D eigenvalue weighted by molar-refractivity contribution is 4.97. The SMILES string of the molecule is CCN(C)C1(CN)CCN(C)C(C)C1. The molecule has 1 aliphatic rings. The zero-order valence-electron chi connectivity index (χ0n) is 10.1. The molecule has 0 aromatic carbocycles. The van der Waals surface area contributed by atoms with E-state index >= 15 is 0 Å². The standard InChI is InChI=1S/C11H25N3/c1-5-14(4)11(9-12)6-7-13(3)10(2)8-11/h10H,5-9,12H2,1-4H3. The minimum Gasteiger partial charge on any atom is -0.329 e. The predicted octanol–water partition coefficient (Wildman–Crippen LogP) is 0.750. The summed E-state index contributed by atoms with van der Waals surface area (Å²) in [6, 6.07) is 0.654. The second kappa shape index (κ2) is 4.60. The summed E-state index contributed by atoms with van der Waals surface area (Å²) in [6.45, 7) is 7.55. The summed E-state index contributed by atoms with van der Waals surface area (Å²) in [7, 11) is 4.40. The van der Waals surface area contributed by atoms with E-state index < -0.39 is 0 Å². The number of nitrogens with two attached hydrogens (primary N) is 1. The number of hydrogen-bond acceptors (Lipinski definition) is 3. The Morgan fingerprint density at radius 1 is 1.57 bits per heavy atom. The fraction of sp³-hybridized carbons (Fsp3) is 1.00.